The van der Waals surface area contributed by atoms with Gasteiger partial charge in [-0.15, -0.1) is 0 Å². The zero-order chi connectivity index (χ0) is 13.1. The zero-order valence-electron chi connectivity index (χ0n) is 8.53. The molecule has 1 atom stereocenters. The highest BCUT2D eigenvalue weighted by atomic mass is 19.4. The molecule has 1 unspecified atom stereocenters. The number of nitrogens with two attached hydrogens (primary N) is 1. The number of aliphatic hydroxyl groups excluding tert-OH is 1. The Labute approximate surface area is 94.5 Å². The smallest absolute Gasteiger partial charge is 0.382 e. The van der Waals surface area contributed by atoms with Crippen molar-refractivity contribution in [1.82, 2.24) is 4.98 Å². The number of primary amides is 1. The number of anilines is 1. The van der Waals surface area contributed by atoms with Gasteiger partial charge in [-0.05, 0) is 12.1 Å². The van der Waals surface area contributed by atoms with E-state index >= 15 is 0 Å². The Balaban J connectivity index is 2.64. The molecule has 94 valence electrons. The van der Waals surface area contributed by atoms with Crippen LogP contribution in [0.2, 0.25) is 0 Å². The van der Waals surface area contributed by atoms with Crippen LogP contribution in [0.15, 0.2) is 18.3 Å². The van der Waals surface area contributed by atoms with E-state index in [1.165, 1.54) is 18.3 Å². The first-order valence-corrected chi connectivity index (χ1v) is 4.55. The van der Waals surface area contributed by atoms with Gasteiger partial charge in [0.05, 0.1) is 0 Å². The van der Waals surface area contributed by atoms with Crippen molar-refractivity contribution in [2.24, 2.45) is 5.73 Å². The molecule has 0 aliphatic carbocycles. The first-order chi connectivity index (χ1) is 7.80. The summed E-state index contributed by atoms with van der Waals surface area (Å²) in [6.07, 6.45) is -5.94. The van der Waals surface area contributed by atoms with Crippen LogP contribution in [-0.4, -0.2) is 34.8 Å². The molecule has 0 fully saturated rings. The van der Waals surface area contributed by atoms with Gasteiger partial charge in [0, 0.05) is 18.4 Å². The molecule has 1 aromatic heterocycles. The fourth-order valence-electron chi connectivity index (χ4n) is 1.01. The minimum Gasteiger partial charge on any atom is -0.382 e. The maximum atomic E-state index is 12.0. The van der Waals surface area contributed by atoms with E-state index < -0.39 is 24.7 Å². The number of nitrogens with one attached hydrogen (secondary N) is 1. The molecule has 17 heavy (non-hydrogen) atoms. The van der Waals surface area contributed by atoms with Crippen molar-refractivity contribution in [1.29, 1.82) is 0 Å². The number of halogens is 3. The Bertz CT molecular complexity index is 409. The molecule has 0 saturated heterocycles. The van der Waals surface area contributed by atoms with Gasteiger partial charge in [0.25, 0.3) is 5.91 Å². The lowest BCUT2D eigenvalue weighted by molar-refractivity contribution is -0.198. The van der Waals surface area contributed by atoms with Crippen molar-refractivity contribution < 1.29 is 23.1 Å². The molecular formula is C9H10F3N3O2. The van der Waals surface area contributed by atoms with Crippen molar-refractivity contribution in [3.05, 3.63) is 24.0 Å². The lowest BCUT2D eigenvalue weighted by Crippen LogP contribution is -2.35. The Morgan fingerprint density at radius 1 is 1.59 bits per heavy atom. The largest absolute Gasteiger partial charge is 0.416 e. The second-order valence-electron chi connectivity index (χ2n) is 3.23. The number of amides is 1. The van der Waals surface area contributed by atoms with Crippen molar-refractivity contribution >= 4 is 11.6 Å². The van der Waals surface area contributed by atoms with Crippen LogP contribution in [0, 0.1) is 0 Å². The van der Waals surface area contributed by atoms with Gasteiger partial charge < -0.3 is 16.2 Å². The molecule has 0 bridgehead atoms. The summed E-state index contributed by atoms with van der Waals surface area (Å²) in [6.45, 7) is -0.717. The predicted molar refractivity (Wildman–Crippen MR) is 53.3 cm³/mol. The average molecular weight is 249 g/mol. The van der Waals surface area contributed by atoms with E-state index in [2.05, 4.69) is 10.3 Å². The number of hydrogen-bond donors (Lipinski definition) is 3. The number of nitrogens with zero attached hydrogens (tertiary/aromatic N) is 1. The number of rotatable bonds is 4. The van der Waals surface area contributed by atoms with E-state index in [1.54, 1.807) is 0 Å². The number of carbonyl (C=O) groups is 1. The van der Waals surface area contributed by atoms with Crippen LogP contribution in [0.5, 0.6) is 0 Å². The number of aliphatic hydroxyl groups is 1. The minimum absolute atomic E-state index is 0.0727. The van der Waals surface area contributed by atoms with Crippen molar-refractivity contribution in [2.45, 2.75) is 12.3 Å². The molecule has 8 heteroatoms. The SMILES string of the molecule is NC(=O)c1cc(NCC(O)C(F)(F)F)ccn1. The van der Waals surface area contributed by atoms with Crippen LogP contribution < -0.4 is 11.1 Å². The lowest BCUT2D eigenvalue weighted by atomic mass is 10.3. The Morgan fingerprint density at radius 3 is 2.76 bits per heavy atom. The van der Waals surface area contributed by atoms with Gasteiger partial charge in [0.1, 0.15) is 5.69 Å². The third kappa shape index (κ3) is 3.91. The molecule has 1 heterocycles. The summed E-state index contributed by atoms with van der Waals surface area (Å²) in [5, 5.41) is 11.1. The summed E-state index contributed by atoms with van der Waals surface area (Å²) in [6, 6.07) is 2.56. The second kappa shape index (κ2) is 5.00. The zero-order valence-corrected chi connectivity index (χ0v) is 8.53. The molecule has 5 nitrogen and oxygen atoms in total. The Morgan fingerprint density at radius 2 is 2.24 bits per heavy atom. The van der Waals surface area contributed by atoms with Crippen LogP contribution in [0.4, 0.5) is 18.9 Å². The number of pyridine rings is 1. The molecule has 0 radical (unpaired) electrons. The Kier molecular flexibility index (Phi) is 3.89. The number of aromatic nitrogens is 1. The fraction of sp³-hybridized carbons (Fsp3) is 0.333. The maximum absolute atomic E-state index is 12.0. The highest BCUT2D eigenvalue weighted by Crippen LogP contribution is 2.20. The topological polar surface area (TPSA) is 88.2 Å². The van der Waals surface area contributed by atoms with E-state index in [0.717, 1.165) is 0 Å². The average Bonchev–Trinajstić information content (AvgIpc) is 2.25. The third-order valence-corrected chi connectivity index (χ3v) is 1.89. The van der Waals surface area contributed by atoms with E-state index in [1.807, 2.05) is 0 Å². The predicted octanol–water partition coefficient (Wildman–Crippen LogP) is 0.516. The molecule has 0 aliphatic rings. The second-order valence-corrected chi connectivity index (χ2v) is 3.23. The van der Waals surface area contributed by atoms with E-state index in [4.69, 9.17) is 10.8 Å². The van der Waals surface area contributed by atoms with E-state index in [9.17, 15) is 18.0 Å². The Hall–Kier alpha value is -1.83. The van der Waals surface area contributed by atoms with Gasteiger partial charge in [-0.2, -0.15) is 13.2 Å². The quantitative estimate of drug-likeness (QED) is 0.725. The number of alkyl halides is 3. The van der Waals surface area contributed by atoms with E-state index in [-0.39, 0.29) is 11.4 Å². The molecule has 1 amide bonds. The molecular weight excluding hydrogens is 239 g/mol. The van der Waals surface area contributed by atoms with Gasteiger partial charge in [-0.1, -0.05) is 0 Å². The molecule has 1 rings (SSSR count). The molecule has 1 aromatic rings. The summed E-state index contributed by atoms with van der Waals surface area (Å²) < 4.78 is 35.9. The fourth-order valence-corrected chi connectivity index (χ4v) is 1.01. The highest BCUT2D eigenvalue weighted by Gasteiger charge is 2.37. The van der Waals surface area contributed by atoms with Gasteiger partial charge >= 0.3 is 6.18 Å². The molecule has 0 saturated carbocycles. The van der Waals surface area contributed by atoms with Crippen molar-refractivity contribution in [2.75, 3.05) is 11.9 Å². The summed E-state index contributed by atoms with van der Waals surface area (Å²) in [7, 11) is 0. The summed E-state index contributed by atoms with van der Waals surface area (Å²) in [4.78, 5) is 14.4. The highest BCUT2D eigenvalue weighted by molar-refractivity contribution is 5.91. The van der Waals surface area contributed by atoms with Crippen LogP contribution in [0.25, 0.3) is 0 Å². The van der Waals surface area contributed by atoms with Gasteiger partial charge in [-0.25, -0.2) is 0 Å². The molecule has 0 spiro atoms. The standard InChI is InChI=1S/C9H10F3N3O2/c10-9(11,12)7(16)4-15-5-1-2-14-6(3-5)8(13)17/h1-3,7,16H,4H2,(H2,13,17)(H,14,15). The van der Waals surface area contributed by atoms with Gasteiger partial charge in [-0.3, -0.25) is 9.78 Å². The number of hydrogen-bond acceptors (Lipinski definition) is 4. The van der Waals surface area contributed by atoms with Crippen LogP contribution >= 0.6 is 0 Å². The van der Waals surface area contributed by atoms with Crippen LogP contribution in [0.3, 0.4) is 0 Å². The molecule has 4 N–H and O–H groups in total. The maximum Gasteiger partial charge on any atom is 0.416 e. The summed E-state index contributed by atoms with van der Waals surface area (Å²) >= 11 is 0. The van der Waals surface area contributed by atoms with Crippen molar-refractivity contribution in [3.8, 4) is 0 Å². The summed E-state index contributed by atoms with van der Waals surface area (Å²) in [5.41, 5.74) is 5.10. The molecule has 0 aliphatic heterocycles. The summed E-state index contributed by atoms with van der Waals surface area (Å²) in [5.74, 6) is -0.787. The van der Waals surface area contributed by atoms with Crippen LogP contribution in [0.1, 0.15) is 10.5 Å². The first-order valence-electron chi connectivity index (χ1n) is 4.55. The monoisotopic (exact) mass is 249 g/mol. The lowest BCUT2D eigenvalue weighted by Gasteiger charge is -2.15. The normalized spacial score (nSPS) is 13.2. The van der Waals surface area contributed by atoms with Crippen molar-refractivity contribution in [3.63, 3.8) is 0 Å². The first kappa shape index (κ1) is 13.2. The van der Waals surface area contributed by atoms with Gasteiger partial charge in [0.15, 0.2) is 6.10 Å². The third-order valence-electron chi connectivity index (χ3n) is 1.89. The molecule has 0 aromatic carbocycles. The van der Waals surface area contributed by atoms with Crippen LogP contribution in [-0.2, 0) is 0 Å². The number of carbonyl (C=O) groups excluding carboxylic acids is 1. The van der Waals surface area contributed by atoms with Gasteiger partial charge in [0.2, 0.25) is 0 Å². The van der Waals surface area contributed by atoms with E-state index in [0.29, 0.717) is 0 Å². The minimum atomic E-state index is -4.69.